The van der Waals surface area contributed by atoms with E-state index in [1.165, 1.54) is 14.1 Å². The molecule has 10 nitrogen and oxygen atoms in total. The monoisotopic (exact) mass is 523 g/mol. The third kappa shape index (κ3) is 5.27. The Balaban J connectivity index is 1.84. The molecule has 188 valence electrons. The number of piperidine rings is 1. The van der Waals surface area contributed by atoms with Crippen LogP contribution in [0.25, 0.3) is 0 Å². The second-order valence-electron chi connectivity index (χ2n) is 7.91. The molecule has 34 heavy (non-hydrogen) atoms. The summed E-state index contributed by atoms with van der Waals surface area (Å²) in [7, 11) is -5.81. The molecule has 2 aromatic rings. The van der Waals surface area contributed by atoms with Crippen LogP contribution in [0.3, 0.4) is 0 Å². The lowest BCUT2D eigenvalue weighted by atomic mass is 9.96. The lowest BCUT2D eigenvalue weighted by molar-refractivity contribution is 0.101. The summed E-state index contributed by atoms with van der Waals surface area (Å²) >= 11 is 0. The smallest absolute Gasteiger partial charge is 0.279 e. The van der Waals surface area contributed by atoms with E-state index >= 15 is 4.39 Å². The second-order valence-corrected chi connectivity index (χ2v) is 11.5. The lowest BCUT2D eigenvalue weighted by Gasteiger charge is -2.36. The van der Waals surface area contributed by atoms with E-state index in [0.717, 1.165) is 27.2 Å². The van der Waals surface area contributed by atoms with E-state index in [9.17, 15) is 30.4 Å². The van der Waals surface area contributed by atoms with Gasteiger partial charge in [-0.15, -0.1) is 0 Å². The fourth-order valence-electron chi connectivity index (χ4n) is 3.58. The maximum Gasteiger partial charge on any atom is 0.279 e. The summed E-state index contributed by atoms with van der Waals surface area (Å²) in [6.45, 7) is 1.76. The summed E-state index contributed by atoms with van der Waals surface area (Å²) in [6.07, 6.45) is 1.26. The van der Waals surface area contributed by atoms with Crippen molar-refractivity contribution >= 4 is 31.8 Å². The molecule has 1 aliphatic rings. The molecule has 2 atom stereocenters. The molecular formula is C19H24F3N5O5S2. The SMILES string of the molecule is CNS(=O)(=O)N1CCC(C)C(NS(=O)(=O)c2cn(C)c(C(=O)Nc3ccc(F)c(F)c3)c2F)C1. The molecule has 1 aliphatic heterocycles. The van der Waals surface area contributed by atoms with Crippen LogP contribution >= 0.6 is 0 Å². The average molecular weight is 524 g/mol. The number of halogens is 3. The average Bonchev–Trinajstić information content (AvgIpc) is 3.07. The van der Waals surface area contributed by atoms with Crippen LogP contribution in [0, 0.1) is 23.4 Å². The quantitative estimate of drug-likeness (QED) is 0.501. The first kappa shape index (κ1) is 26.2. The number of aromatic nitrogens is 1. The predicted molar refractivity (Wildman–Crippen MR) is 117 cm³/mol. The summed E-state index contributed by atoms with van der Waals surface area (Å²) in [4.78, 5) is 11.7. The van der Waals surface area contributed by atoms with Crippen molar-refractivity contribution in [1.29, 1.82) is 0 Å². The number of nitrogens with zero attached hydrogens (tertiary/aromatic N) is 2. The second kappa shape index (κ2) is 9.65. The molecule has 0 aliphatic carbocycles. The van der Waals surface area contributed by atoms with E-state index in [1.807, 2.05) is 0 Å². The molecule has 15 heteroatoms. The molecule has 1 aromatic carbocycles. The molecular weight excluding hydrogens is 499 g/mol. The van der Waals surface area contributed by atoms with Gasteiger partial charge in [-0.25, -0.2) is 31.0 Å². The van der Waals surface area contributed by atoms with Gasteiger partial charge in [0.05, 0.1) is 0 Å². The Morgan fingerprint density at radius 1 is 1.12 bits per heavy atom. The van der Waals surface area contributed by atoms with Crippen molar-refractivity contribution in [3.8, 4) is 0 Å². The maximum atomic E-state index is 15.1. The van der Waals surface area contributed by atoms with Gasteiger partial charge in [0.25, 0.3) is 16.1 Å². The molecule has 0 spiro atoms. The highest BCUT2D eigenvalue weighted by Gasteiger charge is 2.36. The van der Waals surface area contributed by atoms with Crippen molar-refractivity contribution < 1.29 is 34.8 Å². The maximum absolute atomic E-state index is 15.1. The third-order valence-electron chi connectivity index (χ3n) is 5.60. The molecule has 0 saturated carbocycles. The van der Waals surface area contributed by atoms with Gasteiger partial charge >= 0.3 is 0 Å². The normalized spacial score (nSPS) is 19.8. The highest BCUT2D eigenvalue weighted by molar-refractivity contribution is 7.89. The van der Waals surface area contributed by atoms with Crippen molar-refractivity contribution in [2.75, 3.05) is 25.5 Å². The zero-order valence-electron chi connectivity index (χ0n) is 18.5. The number of aryl methyl sites for hydroxylation is 1. The Hall–Kier alpha value is -2.46. The van der Waals surface area contributed by atoms with Crippen LogP contribution in [0.1, 0.15) is 23.8 Å². The molecule has 1 fully saturated rings. The van der Waals surface area contributed by atoms with Gasteiger partial charge in [-0.05, 0) is 24.5 Å². The lowest BCUT2D eigenvalue weighted by Crippen LogP contribution is -2.55. The number of anilines is 1. The van der Waals surface area contributed by atoms with E-state index in [2.05, 4.69) is 14.8 Å². The number of rotatable bonds is 7. The standard InChI is InChI=1S/C19H24F3N5O5S2/c1-11-6-7-27(34(31,32)23-2)9-15(11)25-33(29,30)16-10-26(3)18(17(16)22)19(28)24-12-4-5-13(20)14(21)8-12/h4-5,8,10-11,15,23,25H,6-7,9H2,1-3H3,(H,24,28). The molecule has 0 bridgehead atoms. The molecule has 1 saturated heterocycles. The minimum atomic E-state index is -4.50. The summed E-state index contributed by atoms with van der Waals surface area (Å²) in [5.74, 6) is -5.04. The number of amides is 1. The highest BCUT2D eigenvalue weighted by atomic mass is 32.2. The number of sulfonamides is 1. The van der Waals surface area contributed by atoms with Gasteiger partial charge in [0.15, 0.2) is 17.5 Å². The molecule has 1 aromatic heterocycles. The minimum Gasteiger partial charge on any atom is -0.343 e. The van der Waals surface area contributed by atoms with Gasteiger partial charge in [0.2, 0.25) is 10.0 Å². The van der Waals surface area contributed by atoms with Crippen LogP contribution in [0.4, 0.5) is 18.9 Å². The van der Waals surface area contributed by atoms with Crippen LogP contribution < -0.4 is 14.8 Å². The number of carbonyl (C=O) groups is 1. The van der Waals surface area contributed by atoms with Gasteiger partial charge in [-0.2, -0.15) is 12.7 Å². The summed E-state index contributed by atoms with van der Waals surface area (Å²) in [5, 5.41) is 2.19. The Kier molecular flexibility index (Phi) is 7.43. The first-order chi connectivity index (χ1) is 15.8. The Morgan fingerprint density at radius 3 is 2.41 bits per heavy atom. The molecule has 0 radical (unpaired) electrons. The summed E-state index contributed by atoms with van der Waals surface area (Å²) in [6, 6.07) is 1.68. The van der Waals surface area contributed by atoms with Crippen LogP contribution in [0.2, 0.25) is 0 Å². The fraction of sp³-hybridized carbons (Fsp3) is 0.421. The van der Waals surface area contributed by atoms with Gasteiger partial charge in [0, 0.05) is 51.2 Å². The van der Waals surface area contributed by atoms with Crippen molar-refractivity contribution in [2.24, 2.45) is 13.0 Å². The number of carbonyl (C=O) groups excluding carboxylic acids is 1. The number of benzene rings is 1. The van der Waals surface area contributed by atoms with E-state index in [0.29, 0.717) is 12.5 Å². The van der Waals surface area contributed by atoms with Crippen LogP contribution in [0.15, 0.2) is 29.3 Å². The molecule has 3 rings (SSSR count). The molecule has 2 heterocycles. The number of hydrogen-bond donors (Lipinski definition) is 3. The fourth-order valence-corrected chi connectivity index (χ4v) is 6.01. The molecule has 3 N–H and O–H groups in total. The van der Waals surface area contributed by atoms with E-state index in [4.69, 9.17) is 0 Å². The van der Waals surface area contributed by atoms with Crippen molar-refractivity contribution in [3.05, 3.63) is 47.5 Å². The van der Waals surface area contributed by atoms with Crippen molar-refractivity contribution in [3.63, 3.8) is 0 Å². The van der Waals surface area contributed by atoms with Crippen molar-refractivity contribution in [1.82, 2.24) is 18.3 Å². The largest absolute Gasteiger partial charge is 0.343 e. The Bertz CT molecular complexity index is 1310. The topological polar surface area (TPSA) is 130 Å². The Morgan fingerprint density at radius 2 is 1.79 bits per heavy atom. The van der Waals surface area contributed by atoms with E-state index in [-0.39, 0.29) is 24.7 Å². The minimum absolute atomic E-state index is 0.158. The van der Waals surface area contributed by atoms with E-state index in [1.54, 1.807) is 6.92 Å². The summed E-state index contributed by atoms with van der Waals surface area (Å²) in [5.41, 5.74) is -0.810. The molecule has 2 unspecified atom stereocenters. The van der Waals surface area contributed by atoms with Gasteiger partial charge in [-0.1, -0.05) is 6.92 Å². The number of nitrogens with one attached hydrogen (secondary N) is 3. The van der Waals surface area contributed by atoms with Crippen LogP contribution in [-0.2, 0) is 27.3 Å². The van der Waals surface area contributed by atoms with Crippen molar-refractivity contribution in [2.45, 2.75) is 24.3 Å². The number of hydrogen-bond acceptors (Lipinski definition) is 5. The summed E-state index contributed by atoms with van der Waals surface area (Å²) < 4.78 is 98.2. The van der Waals surface area contributed by atoms with Gasteiger partial charge in [0.1, 0.15) is 10.6 Å². The highest BCUT2D eigenvalue weighted by Crippen LogP contribution is 2.25. The zero-order valence-corrected chi connectivity index (χ0v) is 20.1. The van der Waals surface area contributed by atoms with Gasteiger partial charge in [-0.3, -0.25) is 4.79 Å². The third-order valence-corrected chi connectivity index (χ3v) is 8.60. The zero-order chi connectivity index (χ0) is 25.4. The van der Waals surface area contributed by atoms with E-state index < -0.39 is 60.2 Å². The predicted octanol–water partition coefficient (Wildman–Crippen LogP) is 1.15. The van der Waals surface area contributed by atoms with Crippen LogP contribution in [0.5, 0.6) is 0 Å². The first-order valence-electron chi connectivity index (χ1n) is 10.1. The Labute approximate surface area is 195 Å². The van der Waals surface area contributed by atoms with Crippen LogP contribution in [-0.4, -0.2) is 57.8 Å². The first-order valence-corrected chi connectivity index (χ1v) is 13.0. The molecule has 1 amide bonds. The van der Waals surface area contributed by atoms with Gasteiger partial charge < -0.3 is 9.88 Å².